The number of unbranched alkanes of at least 4 members (excludes halogenated alkanes) is 2. The van der Waals surface area contributed by atoms with Crippen molar-refractivity contribution < 1.29 is 14.3 Å². The minimum absolute atomic E-state index is 0.163. The number of ether oxygens (including phenoxy) is 1. The minimum Gasteiger partial charge on any atom is -0.469 e. The molecule has 0 N–H and O–H groups in total. The van der Waals surface area contributed by atoms with Gasteiger partial charge >= 0.3 is 5.97 Å². The van der Waals surface area contributed by atoms with Gasteiger partial charge in [0.1, 0.15) is 5.78 Å². The molecule has 0 radical (unpaired) electrons. The molecule has 14 heavy (non-hydrogen) atoms. The molecule has 0 fully saturated rings. The molecular formula is C11H20O3. The second-order valence-corrected chi connectivity index (χ2v) is 3.62. The second kappa shape index (κ2) is 7.54. The minimum atomic E-state index is -0.297. The molecule has 0 aliphatic rings. The van der Waals surface area contributed by atoms with E-state index in [2.05, 4.69) is 11.7 Å². The van der Waals surface area contributed by atoms with Gasteiger partial charge in [0.2, 0.25) is 0 Å². The number of rotatable bonds is 7. The summed E-state index contributed by atoms with van der Waals surface area (Å²) in [4.78, 5) is 22.3. The maximum Gasteiger partial charge on any atom is 0.308 e. The van der Waals surface area contributed by atoms with E-state index in [1.807, 2.05) is 0 Å². The van der Waals surface area contributed by atoms with E-state index < -0.39 is 0 Å². The number of carbonyl (C=O) groups is 2. The van der Waals surface area contributed by atoms with Crippen LogP contribution in [0.4, 0.5) is 0 Å². The Hall–Kier alpha value is -0.860. The molecule has 0 aromatic rings. The number of methoxy groups -OCH3 is 1. The van der Waals surface area contributed by atoms with Crippen molar-refractivity contribution in [1.82, 2.24) is 0 Å². The molecule has 1 atom stereocenters. The van der Waals surface area contributed by atoms with Crippen molar-refractivity contribution in [1.29, 1.82) is 0 Å². The third-order valence-corrected chi connectivity index (χ3v) is 2.20. The highest BCUT2D eigenvalue weighted by Crippen LogP contribution is 2.09. The smallest absolute Gasteiger partial charge is 0.308 e. The lowest BCUT2D eigenvalue weighted by atomic mass is 10.0. The molecule has 0 heterocycles. The quantitative estimate of drug-likeness (QED) is 0.468. The highest BCUT2D eigenvalue weighted by molar-refractivity contribution is 5.84. The maximum absolute atomic E-state index is 11.3. The van der Waals surface area contributed by atoms with Crippen LogP contribution in [0, 0.1) is 5.92 Å². The molecular weight excluding hydrogens is 180 g/mol. The monoisotopic (exact) mass is 200 g/mol. The topological polar surface area (TPSA) is 43.4 Å². The zero-order valence-corrected chi connectivity index (χ0v) is 9.34. The summed E-state index contributed by atoms with van der Waals surface area (Å²) in [6.45, 7) is 3.82. The van der Waals surface area contributed by atoms with Crippen LogP contribution < -0.4 is 0 Å². The summed E-state index contributed by atoms with van der Waals surface area (Å²) in [5.41, 5.74) is 0. The Balaban J connectivity index is 3.65. The van der Waals surface area contributed by atoms with Gasteiger partial charge in [0.15, 0.2) is 0 Å². The van der Waals surface area contributed by atoms with Crippen LogP contribution in [0.5, 0.6) is 0 Å². The lowest BCUT2D eigenvalue weighted by Crippen LogP contribution is -2.16. The van der Waals surface area contributed by atoms with Crippen molar-refractivity contribution in [3.8, 4) is 0 Å². The van der Waals surface area contributed by atoms with Crippen molar-refractivity contribution in [3.63, 3.8) is 0 Å². The Morgan fingerprint density at radius 3 is 2.43 bits per heavy atom. The lowest BCUT2D eigenvalue weighted by Gasteiger charge is -2.07. The predicted molar refractivity (Wildman–Crippen MR) is 54.9 cm³/mol. The average molecular weight is 200 g/mol. The highest BCUT2D eigenvalue weighted by Gasteiger charge is 2.16. The van der Waals surface area contributed by atoms with Crippen LogP contribution in [0.2, 0.25) is 0 Å². The molecule has 3 heteroatoms. The predicted octanol–water partition coefficient (Wildman–Crippen LogP) is 2.33. The number of hydrogen-bond donors (Lipinski definition) is 0. The molecule has 0 bridgehead atoms. The van der Waals surface area contributed by atoms with Crippen LogP contribution in [0.1, 0.15) is 46.0 Å². The molecule has 0 amide bonds. The summed E-state index contributed by atoms with van der Waals surface area (Å²) in [5.74, 6) is -0.431. The first kappa shape index (κ1) is 13.1. The molecule has 0 aliphatic carbocycles. The van der Waals surface area contributed by atoms with Crippen LogP contribution in [0.25, 0.3) is 0 Å². The first-order valence-corrected chi connectivity index (χ1v) is 5.21. The van der Waals surface area contributed by atoms with Gasteiger partial charge in [-0.15, -0.1) is 0 Å². The van der Waals surface area contributed by atoms with Gasteiger partial charge in [-0.05, 0) is 6.42 Å². The van der Waals surface area contributed by atoms with E-state index in [0.717, 1.165) is 19.3 Å². The van der Waals surface area contributed by atoms with Crippen LogP contribution in [0.15, 0.2) is 0 Å². The zero-order valence-electron chi connectivity index (χ0n) is 9.34. The molecule has 0 saturated heterocycles. The normalized spacial score (nSPS) is 12.2. The Morgan fingerprint density at radius 1 is 1.29 bits per heavy atom. The third kappa shape index (κ3) is 5.73. The van der Waals surface area contributed by atoms with Crippen molar-refractivity contribution in [2.75, 3.05) is 7.11 Å². The van der Waals surface area contributed by atoms with Crippen LogP contribution in [0.3, 0.4) is 0 Å². The van der Waals surface area contributed by atoms with E-state index in [1.165, 1.54) is 7.11 Å². The molecule has 1 unspecified atom stereocenters. The molecule has 0 aromatic heterocycles. The van der Waals surface area contributed by atoms with Crippen molar-refractivity contribution in [3.05, 3.63) is 0 Å². The highest BCUT2D eigenvalue weighted by atomic mass is 16.5. The Kier molecular flexibility index (Phi) is 7.07. The molecule has 0 aliphatic heterocycles. The van der Waals surface area contributed by atoms with Crippen LogP contribution in [-0.4, -0.2) is 18.9 Å². The van der Waals surface area contributed by atoms with Crippen molar-refractivity contribution >= 4 is 11.8 Å². The summed E-state index contributed by atoms with van der Waals surface area (Å²) < 4.78 is 4.55. The summed E-state index contributed by atoms with van der Waals surface area (Å²) in [5, 5.41) is 0. The molecule has 82 valence electrons. The standard InChI is InChI=1S/C11H20O3/c1-4-5-6-7-10(12)8-9(2)11(13)14-3/h9H,4-8H2,1-3H3. The van der Waals surface area contributed by atoms with Crippen molar-refractivity contribution in [2.24, 2.45) is 5.92 Å². The van der Waals surface area contributed by atoms with Gasteiger partial charge in [0.05, 0.1) is 13.0 Å². The van der Waals surface area contributed by atoms with E-state index in [0.29, 0.717) is 12.8 Å². The van der Waals surface area contributed by atoms with E-state index >= 15 is 0 Å². The van der Waals surface area contributed by atoms with Gasteiger partial charge in [-0.25, -0.2) is 0 Å². The summed E-state index contributed by atoms with van der Waals surface area (Å²) in [6.07, 6.45) is 4.03. The first-order chi connectivity index (χ1) is 6.61. The number of Topliss-reactive ketones (excluding diaryl/α,β-unsaturated/α-hetero) is 1. The maximum atomic E-state index is 11.3. The Bertz CT molecular complexity index is 187. The Labute approximate surface area is 85.8 Å². The van der Waals surface area contributed by atoms with Gasteiger partial charge in [-0.3, -0.25) is 9.59 Å². The molecule has 0 spiro atoms. The largest absolute Gasteiger partial charge is 0.469 e. The number of ketones is 1. The van der Waals surface area contributed by atoms with Crippen LogP contribution >= 0.6 is 0 Å². The number of carbonyl (C=O) groups excluding carboxylic acids is 2. The molecule has 3 nitrogen and oxygen atoms in total. The van der Waals surface area contributed by atoms with E-state index in [1.54, 1.807) is 6.92 Å². The Morgan fingerprint density at radius 2 is 1.93 bits per heavy atom. The third-order valence-electron chi connectivity index (χ3n) is 2.20. The average Bonchev–Trinajstić information content (AvgIpc) is 2.16. The van der Waals surface area contributed by atoms with Gasteiger partial charge in [-0.1, -0.05) is 26.7 Å². The number of esters is 1. The van der Waals surface area contributed by atoms with Gasteiger partial charge in [0.25, 0.3) is 0 Å². The fourth-order valence-corrected chi connectivity index (χ4v) is 1.30. The van der Waals surface area contributed by atoms with E-state index in [9.17, 15) is 9.59 Å². The SMILES string of the molecule is CCCCCC(=O)CC(C)C(=O)OC. The second-order valence-electron chi connectivity index (χ2n) is 3.62. The molecule has 0 rings (SSSR count). The fraction of sp³-hybridized carbons (Fsp3) is 0.818. The van der Waals surface area contributed by atoms with Crippen molar-refractivity contribution in [2.45, 2.75) is 46.0 Å². The fourth-order valence-electron chi connectivity index (χ4n) is 1.30. The van der Waals surface area contributed by atoms with E-state index in [4.69, 9.17) is 0 Å². The zero-order chi connectivity index (χ0) is 11.0. The first-order valence-electron chi connectivity index (χ1n) is 5.21. The molecule has 0 aromatic carbocycles. The summed E-state index contributed by atoms with van der Waals surface area (Å²) in [6, 6.07) is 0. The van der Waals surface area contributed by atoms with E-state index in [-0.39, 0.29) is 17.7 Å². The van der Waals surface area contributed by atoms with Gasteiger partial charge in [-0.2, -0.15) is 0 Å². The summed E-state index contributed by atoms with van der Waals surface area (Å²) in [7, 11) is 1.35. The summed E-state index contributed by atoms with van der Waals surface area (Å²) >= 11 is 0. The van der Waals surface area contributed by atoms with Gasteiger partial charge in [0, 0.05) is 12.8 Å². The molecule has 0 saturated carbocycles. The van der Waals surface area contributed by atoms with Crippen LogP contribution in [-0.2, 0) is 14.3 Å². The lowest BCUT2D eigenvalue weighted by molar-refractivity contribution is -0.146. The number of hydrogen-bond acceptors (Lipinski definition) is 3. The van der Waals surface area contributed by atoms with Gasteiger partial charge < -0.3 is 4.74 Å².